The summed E-state index contributed by atoms with van der Waals surface area (Å²) >= 11 is 6.38. The zero-order chi connectivity index (χ0) is 15.8. The SMILES string of the molecule is Cc1cccc2c1Oc1cccc(Cl)c1N=C2N1CCNCC1. The summed E-state index contributed by atoms with van der Waals surface area (Å²) in [4.78, 5) is 7.20. The fraction of sp³-hybridized carbons (Fsp3) is 0.278. The fourth-order valence-electron chi connectivity index (χ4n) is 3.04. The summed E-state index contributed by atoms with van der Waals surface area (Å²) in [7, 11) is 0. The number of benzene rings is 2. The maximum absolute atomic E-state index is 6.38. The van der Waals surface area contributed by atoms with E-state index in [1.807, 2.05) is 24.3 Å². The molecule has 0 aliphatic carbocycles. The van der Waals surface area contributed by atoms with Gasteiger partial charge in [0, 0.05) is 26.2 Å². The second-order valence-corrected chi connectivity index (χ2v) is 6.22. The molecule has 5 heteroatoms. The van der Waals surface area contributed by atoms with Gasteiger partial charge in [-0.2, -0.15) is 0 Å². The van der Waals surface area contributed by atoms with Crippen LogP contribution in [0.15, 0.2) is 41.4 Å². The molecule has 0 aromatic heterocycles. The molecule has 0 amide bonds. The van der Waals surface area contributed by atoms with Crippen LogP contribution >= 0.6 is 11.6 Å². The van der Waals surface area contributed by atoms with Crippen molar-refractivity contribution in [3.05, 3.63) is 52.5 Å². The Hall–Kier alpha value is -2.04. The van der Waals surface area contributed by atoms with Gasteiger partial charge >= 0.3 is 0 Å². The predicted octanol–water partition coefficient (Wildman–Crippen LogP) is 3.74. The fourth-order valence-corrected chi connectivity index (χ4v) is 3.25. The first-order valence-corrected chi connectivity index (χ1v) is 8.22. The Labute approximate surface area is 140 Å². The normalized spacial score (nSPS) is 16.8. The molecular formula is C18H18ClN3O. The predicted molar refractivity (Wildman–Crippen MR) is 93.3 cm³/mol. The summed E-state index contributed by atoms with van der Waals surface area (Å²) in [6.45, 7) is 5.81. The first-order chi connectivity index (χ1) is 11.2. The molecule has 4 nitrogen and oxygen atoms in total. The van der Waals surface area contributed by atoms with Crippen LogP contribution in [-0.2, 0) is 0 Å². The molecule has 0 unspecified atom stereocenters. The summed E-state index contributed by atoms with van der Waals surface area (Å²) in [5, 5.41) is 3.99. The minimum atomic E-state index is 0.612. The zero-order valence-corrected chi connectivity index (χ0v) is 13.7. The lowest BCUT2D eigenvalue weighted by atomic mass is 10.1. The summed E-state index contributed by atoms with van der Waals surface area (Å²) in [6.07, 6.45) is 0. The summed E-state index contributed by atoms with van der Waals surface area (Å²) < 4.78 is 6.19. The van der Waals surface area contributed by atoms with Crippen LogP contribution < -0.4 is 10.1 Å². The monoisotopic (exact) mass is 327 g/mol. The van der Waals surface area contributed by atoms with Crippen molar-refractivity contribution in [3.63, 3.8) is 0 Å². The number of aliphatic imine (C=N–C) groups is 1. The van der Waals surface area contributed by atoms with E-state index in [0.717, 1.165) is 48.9 Å². The van der Waals surface area contributed by atoms with Gasteiger partial charge in [-0.05, 0) is 30.7 Å². The molecule has 4 rings (SSSR count). The second-order valence-electron chi connectivity index (χ2n) is 5.81. The van der Waals surface area contributed by atoms with Crippen molar-refractivity contribution in [3.8, 4) is 11.5 Å². The minimum Gasteiger partial charge on any atom is -0.454 e. The number of nitrogens with zero attached hydrogens (tertiary/aromatic N) is 2. The molecule has 0 spiro atoms. The highest BCUT2D eigenvalue weighted by atomic mass is 35.5. The molecule has 0 atom stereocenters. The summed E-state index contributed by atoms with van der Waals surface area (Å²) in [6, 6.07) is 11.8. The molecule has 0 saturated carbocycles. The zero-order valence-electron chi connectivity index (χ0n) is 13.0. The molecule has 23 heavy (non-hydrogen) atoms. The number of rotatable bonds is 0. The third-order valence-corrected chi connectivity index (χ3v) is 4.55. The lowest BCUT2D eigenvalue weighted by Gasteiger charge is -2.30. The number of para-hydroxylation sites is 2. The maximum Gasteiger partial charge on any atom is 0.154 e. The average Bonchev–Trinajstić information content (AvgIpc) is 2.75. The van der Waals surface area contributed by atoms with Crippen molar-refractivity contribution in [2.75, 3.05) is 26.2 Å². The largest absolute Gasteiger partial charge is 0.454 e. The average molecular weight is 328 g/mol. The Balaban J connectivity index is 1.93. The van der Waals surface area contributed by atoms with E-state index in [-0.39, 0.29) is 0 Å². The highest BCUT2D eigenvalue weighted by Gasteiger charge is 2.25. The molecule has 1 N–H and O–H groups in total. The molecule has 118 valence electrons. The lowest BCUT2D eigenvalue weighted by Crippen LogP contribution is -2.46. The quantitative estimate of drug-likeness (QED) is 0.801. The van der Waals surface area contributed by atoms with Crippen molar-refractivity contribution in [1.82, 2.24) is 10.2 Å². The highest BCUT2D eigenvalue weighted by molar-refractivity contribution is 6.33. The molecule has 0 bridgehead atoms. The van der Waals surface area contributed by atoms with Crippen molar-refractivity contribution < 1.29 is 4.74 Å². The van der Waals surface area contributed by atoms with Crippen molar-refractivity contribution >= 4 is 23.1 Å². The van der Waals surface area contributed by atoms with Gasteiger partial charge in [0.25, 0.3) is 0 Å². The second kappa shape index (κ2) is 5.87. The highest BCUT2D eigenvalue weighted by Crippen LogP contribution is 2.43. The van der Waals surface area contributed by atoms with E-state index in [1.54, 1.807) is 0 Å². The molecule has 2 aromatic rings. The molecular weight excluding hydrogens is 310 g/mol. The van der Waals surface area contributed by atoms with Gasteiger partial charge in [-0.25, -0.2) is 4.99 Å². The van der Waals surface area contributed by atoms with Gasteiger partial charge in [0.05, 0.1) is 10.6 Å². The van der Waals surface area contributed by atoms with E-state index < -0.39 is 0 Å². The number of amidine groups is 1. The lowest BCUT2D eigenvalue weighted by molar-refractivity contribution is 0.357. The standard InChI is InChI=1S/C18H18ClN3O/c1-12-4-2-5-13-17(12)23-15-7-3-6-14(19)16(15)21-18(13)22-10-8-20-9-11-22/h2-7,20H,8-11H2,1H3. The van der Waals surface area contributed by atoms with Gasteiger partial charge in [0.1, 0.15) is 17.3 Å². The maximum atomic E-state index is 6.38. The Morgan fingerprint density at radius 1 is 1.13 bits per heavy atom. The number of hydrogen-bond donors (Lipinski definition) is 1. The van der Waals surface area contributed by atoms with Crippen LogP contribution in [0.5, 0.6) is 11.5 Å². The minimum absolute atomic E-state index is 0.612. The van der Waals surface area contributed by atoms with E-state index in [2.05, 4.69) is 29.3 Å². The van der Waals surface area contributed by atoms with Gasteiger partial charge in [-0.1, -0.05) is 29.8 Å². The Bertz CT molecular complexity index is 782. The number of aryl methyl sites for hydroxylation is 1. The molecule has 1 fully saturated rings. The smallest absolute Gasteiger partial charge is 0.154 e. The molecule has 2 aromatic carbocycles. The van der Waals surface area contributed by atoms with E-state index >= 15 is 0 Å². The summed E-state index contributed by atoms with van der Waals surface area (Å²) in [5.74, 6) is 2.51. The van der Waals surface area contributed by atoms with Crippen LogP contribution in [0.3, 0.4) is 0 Å². The topological polar surface area (TPSA) is 36.9 Å². The first-order valence-electron chi connectivity index (χ1n) is 7.85. The van der Waals surface area contributed by atoms with Crippen LogP contribution in [0.25, 0.3) is 0 Å². The van der Waals surface area contributed by atoms with Gasteiger partial charge in [-0.15, -0.1) is 0 Å². The summed E-state index contributed by atoms with van der Waals surface area (Å²) in [5.41, 5.74) is 2.83. The van der Waals surface area contributed by atoms with Crippen LogP contribution in [0.4, 0.5) is 5.69 Å². The molecule has 2 aliphatic rings. The van der Waals surface area contributed by atoms with E-state index in [1.165, 1.54) is 0 Å². The van der Waals surface area contributed by atoms with Crippen LogP contribution in [0.2, 0.25) is 5.02 Å². The van der Waals surface area contributed by atoms with E-state index in [4.69, 9.17) is 21.3 Å². The van der Waals surface area contributed by atoms with E-state index in [9.17, 15) is 0 Å². The number of halogens is 1. The third kappa shape index (κ3) is 2.58. The van der Waals surface area contributed by atoms with Crippen LogP contribution in [-0.4, -0.2) is 36.9 Å². The van der Waals surface area contributed by atoms with Crippen molar-refractivity contribution in [2.24, 2.45) is 4.99 Å². The molecule has 2 aliphatic heterocycles. The van der Waals surface area contributed by atoms with Crippen molar-refractivity contribution in [1.29, 1.82) is 0 Å². The number of fused-ring (bicyclic) bond motifs is 2. The first kappa shape index (κ1) is 14.5. The van der Waals surface area contributed by atoms with Gasteiger partial charge in [0.2, 0.25) is 0 Å². The number of ether oxygens (including phenoxy) is 1. The van der Waals surface area contributed by atoms with Crippen molar-refractivity contribution in [2.45, 2.75) is 6.92 Å². The Kier molecular flexibility index (Phi) is 3.71. The van der Waals surface area contributed by atoms with E-state index in [0.29, 0.717) is 16.5 Å². The molecule has 0 radical (unpaired) electrons. The van der Waals surface area contributed by atoms with Gasteiger partial charge < -0.3 is 15.0 Å². The van der Waals surface area contributed by atoms with Crippen LogP contribution in [0, 0.1) is 6.92 Å². The third-order valence-electron chi connectivity index (χ3n) is 4.25. The van der Waals surface area contributed by atoms with Gasteiger partial charge in [0.15, 0.2) is 5.75 Å². The number of hydrogen-bond acceptors (Lipinski definition) is 4. The number of nitrogens with one attached hydrogen (secondary N) is 1. The number of piperazine rings is 1. The Morgan fingerprint density at radius 2 is 1.91 bits per heavy atom. The van der Waals surface area contributed by atoms with Gasteiger partial charge in [-0.3, -0.25) is 0 Å². The molecule has 2 heterocycles. The molecule has 1 saturated heterocycles. The Morgan fingerprint density at radius 3 is 2.74 bits per heavy atom. The van der Waals surface area contributed by atoms with Crippen LogP contribution in [0.1, 0.15) is 11.1 Å².